The average molecular weight is 252 g/mol. The molecular formula is C13H20N2OS. The SMILES string of the molecule is CCC(C)(CN)C(=O)Nc1cccc(SC)c1. The molecule has 1 aromatic carbocycles. The summed E-state index contributed by atoms with van der Waals surface area (Å²) in [6.45, 7) is 4.23. The minimum atomic E-state index is -0.491. The Morgan fingerprint density at radius 3 is 2.76 bits per heavy atom. The predicted molar refractivity (Wildman–Crippen MR) is 74.3 cm³/mol. The van der Waals surface area contributed by atoms with Crippen LogP contribution in [0.3, 0.4) is 0 Å². The molecule has 1 rings (SSSR count). The summed E-state index contributed by atoms with van der Waals surface area (Å²) in [4.78, 5) is 13.2. The second-order valence-corrected chi connectivity index (χ2v) is 5.18. The summed E-state index contributed by atoms with van der Waals surface area (Å²) in [7, 11) is 0. The Balaban J connectivity index is 2.80. The molecule has 0 spiro atoms. The van der Waals surface area contributed by atoms with Crippen LogP contribution in [0.25, 0.3) is 0 Å². The molecule has 94 valence electrons. The van der Waals surface area contributed by atoms with Gasteiger partial charge < -0.3 is 11.1 Å². The van der Waals surface area contributed by atoms with Crippen molar-refractivity contribution in [1.29, 1.82) is 0 Å². The number of hydrogen-bond donors (Lipinski definition) is 2. The van der Waals surface area contributed by atoms with E-state index >= 15 is 0 Å². The van der Waals surface area contributed by atoms with Gasteiger partial charge in [0.1, 0.15) is 0 Å². The minimum Gasteiger partial charge on any atom is -0.329 e. The van der Waals surface area contributed by atoms with Crippen molar-refractivity contribution in [2.24, 2.45) is 11.1 Å². The highest BCUT2D eigenvalue weighted by Gasteiger charge is 2.29. The maximum atomic E-state index is 12.1. The number of amides is 1. The lowest BCUT2D eigenvalue weighted by Crippen LogP contribution is -2.39. The number of carbonyl (C=O) groups is 1. The maximum absolute atomic E-state index is 12.1. The first kappa shape index (κ1) is 14.1. The summed E-state index contributed by atoms with van der Waals surface area (Å²) in [5, 5.41) is 2.93. The van der Waals surface area contributed by atoms with E-state index in [1.54, 1.807) is 11.8 Å². The van der Waals surface area contributed by atoms with Gasteiger partial charge in [0.2, 0.25) is 5.91 Å². The van der Waals surface area contributed by atoms with Gasteiger partial charge >= 0.3 is 0 Å². The van der Waals surface area contributed by atoms with Crippen molar-refractivity contribution in [2.75, 3.05) is 18.1 Å². The molecule has 0 aliphatic rings. The van der Waals surface area contributed by atoms with Crippen LogP contribution in [0.5, 0.6) is 0 Å². The Kier molecular flexibility index (Phi) is 5.02. The van der Waals surface area contributed by atoms with E-state index in [9.17, 15) is 4.79 Å². The largest absolute Gasteiger partial charge is 0.329 e. The van der Waals surface area contributed by atoms with Gasteiger partial charge in [-0.3, -0.25) is 4.79 Å². The normalized spacial score (nSPS) is 14.1. The van der Waals surface area contributed by atoms with Crippen molar-refractivity contribution in [3.05, 3.63) is 24.3 Å². The van der Waals surface area contributed by atoms with Crippen molar-refractivity contribution in [3.8, 4) is 0 Å². The van der Waals surface area contributed by atoms with Crippen molar-refractivity contribution in [1.82, 2.24) is 0 Å². The van der Waals surface area contributed by atoms with Crippen molar-refractivity contribution >= 4 is 23.4 Å². The van der Waals surface area contributed by atoms with Crippen LogP contribution in [0.4, 0.5) is 5.69 Å². The number of nitrogens with one attached hydrogen (secondary N) is 1. The fraction of sp³-hybridized carbons (Fsp3) is 0.462. The van der Waals surface area contributed by atoms with Gasteiger partial charge in [0, 0.05) is 17.1 Å². The van der Waals surface area contributed by atoms with Crippen LogP contribution >= 0.6 is 11.8 Å². The molecule has 0 radical (unpaired) electrons. The summed E-state index contributed by atoms with van der Waals surface area (Å²) < 4.78 is 0. The van der Waals surface area contributed by atoms with Gasteiger partial charge in [-0.25, -0.2) is 0 Å². The van der Waals surface area contributed by atoms with Crippen LogP contribution in [-0.4, -0.2) is 18.7 Å². The van der Waals surface area contributed by atoms with Gasteiger partial charge in [-0.2, -0.15) is 0 Å². The van der Waals surface area contributed by atoms with Crippen molar-refractivity contribution in [2.45, 2.75) is 25.2 Å². The molecular weight excluding hydrogens is 232 g/mol. The molecule has 0 aromatic heterocycles. The van der Waals surface area contributed by atoms with Gasteiger partial charge in [-0.05, 0) is 37.8 Å². The smallest absolute Gasteiger partial charge is 0.231 e. The highest BCUT2D eigenvalue weighted by atomic mass is 32.2. The zero-order valence-corrected chi connectivity index (χ0v) is 11.4. The summed E-state index contributed by atoms with van der Waals surface area (Å²) in [5.41, 5.74) is 6.00. The Labute approximate surface area is 107 Å². The lowest BCUT2D eigenvalue weighted by Gasteiger charge is -2.25. The molecule has 3 N–H and O–H groups in total. The summed E-state index contributed by atoms with van der Waals surface area (Å²) in [5.74, 6) is -0.0132. The Hall–Kier alpha value is -1.00. The van der Waals surface area contributed by atoms with E-state index in [4.69, 9.17) is 5.73 Å². The van der Waals surface area contributed by atoms with Crippen LogP contribution in [0.1, 0.15) is 20.3 Å². The molecule has 1 amide bonds. The van der Waals surface area contributed by atoms with Crippen molar-refractivity contribution in [3.63, 3.8) is 0 Å². The van der Waals surface area contributed by atoms with E-state index in [2.05, 4.69) is 5.32 Å². The zero-order chi connectivity index (χ0) is 12.9. The summed E-state index contributed by atoms with van der Waals surface area (Å²) in [6, 6.07) is 7.81. The minimum absolute atomic E-state index is 0.0132. The zero-order valence-electron chi connectivity index (χ0n) is 10.6. The monoisotopic (exact) mass is 252 g/mol. The molecule has 1 unspecified atom stereocenters. The molecule has 1 aromatic rings. The number of rotatable bonds is 5. The number of anilines is 1. The molecule has 0 fully saturated rings. The third-order valence-corrected chi connectivity index (χ3v) is 3.83. The van der Waals surface area contributed by atoms with E-state index in [-0.39, 0.29) is 5.91 Å². The molecule has 17 heavy (non-hydrogen) atoms. The number of benzene rings is 1. The number of carbonyl (C=O) groups excluding carboxylic acids is 1. The Morgan fingerprint density at radius 2 is 2.24 bits per heavy atom. The standard InChI is InChI=1S/C13H20N2OS/c1-4-13(2,9-14)12(16)15-10-6-5-7-11(8-10)17-3/h5-8H,4,9,14H2,1-3H3,(H,15,16). The highest BCUT2D eigenvalue weighted by Crippen LogP contribution is 2.24. The molecule has 0 aliphatic heterocycles. The second kappa shape index (κ2) is 6.07. The van der Waals surface area contributed by atoms with Gasteiger partial charge in [0.05, 0.1) is 5.41 Å². The highest BCUT2D eigenvalue weighted by molar-refractivity contribution is 7.98. The van der Waals surface area contributed by atoms with E-state index in [0.29, 0.717) is 6.54 Å². The third kappa shape index (κ3) is 3.48. The molecule has 0 saturated carbocycles. The van der Waals surface area contributed by atoms with E-state index in [0.717, 1.165) is 17.0 Å². The molecule has 0 aliphatic carbocycles. The van der Waals surface area contributed by atoms with Gasteiger partial charge in [-0.1, -0.05) is 13.0 Å². The first-order chi connectivity index (χ1) is 8.05. The van der Waals surface area contributed by atoms with Crippen LogP contribution in [0.15, 0.2) is 29.2 Å². The average Bonchev–Trinajstić information content (AvgIpc) is 2.37. The Morgan fingerprint density at radius 1 is 1.53 bits per heavy atom. The van der Waals surface area contributed by atoms with Crippen LogP contribution < -0.4 is 11.1 Å². The second-order valence-electron chi connectivity index (χ2n) is 4.30. The summed E-state index contributed by atoms with van der Waals surface area (Å²) >= 11 is 1.65. The van der Waals surface area contributed by atoms with Crippen LogP contribution in [0.2, 0.25) is 0 Å². The maximum Gasteiger partial charge on any atom is 0.231 e. The molecule has 3 nitrogen and oxygen atoms in total. The van der Waals surface area contributed by atoms with E-state index in [1.807, 2.05) is 44.4 Å². The number of thioether (sulfide) groups is 1. The summed E-state index contributed by atoms with van der Waals surface area (Å²) in [6.07, 6.45) is 2.74. The van der Waals surface area contributed by atoms with E-state index < -0.39 is 5.41 Å². The van der Waals surface area contributed by atoms with Crippen LogP contribution in [0, 0.1) is 5.41 Å². The quantitative estimate of drug-likeness (QED) is 0.792. The predicted octanol–water partition coefficient (Wildman–Crippen LogP) is 2.72. The van der Waals surface area contributed by atoms with Crippen molar-refractivity contribution < 1.29 is 4.79 Å². The molecule has 0 saturated heterocycles. The lowest BCUT2D eigenvalue weighted by atomic mass is 9.86. The third-order valence-electron chi connectivity index (χ3n) is 3.11. The first-order valence-corrected chi connectivity index (χ1v) is 6.94. The van der Waals surface area contributed by atoms with Gasteiger partial charge in [0.15, 0.2) is 0 Å². The lowest BCUT2D eigenvalue weighted by molar-refractivity contribution is -0.124. The van der Waals surface area contributed by atoms with Crippen LogP contribution in [-0.2, 0) is 4.79 Å². The van der Waals surface area contributed by atoms with Gasteiger partial charge in [-0.15, -0.1) is 11.8 Å². The molecule has 0 heterocycles. The topological polar surface area (TPSA) is 55.1 Å². The number of nitrogens with two attached hydrogens (primary N) is 1. The molecule has 0 bridgehead atoms. The fourth-order valence-electron chi connectivity index (χ4n) is 1.38. The number of hydrogen-bond acceptors (Lipinski definition) is 3. The fourth-order valence-corrected chi connectivity index (χ4v) is 1.84. The Bertz CT molecular complexity index is 389. The van der Waals surface area contributed by atoms with Gasteiger partial charge in [0.25, 0.3) is 0 Å². The molecule has 1 atom stereocenters. The molecule has 4 heteroatoms. The first-order valence-electron chi connectivity index (χ1n) is 5.71. The van der Waals surface area contributed by atoms with E-state index in [1.165, 1.54) is 0 Å².